The molecule has 106 valence electrons. The van der Waals surface area contributed by atoms with E-state index in [2.05, 4.69) is 0 Å². The summed E-state index contributed by atoms with van der Waals surface area (Å²) in [6, 6.07) is 12.7. The zero-order valence-corrected chi connectivity index (χ0v) is 11.7. The Morgan fingerprint density at radius 1 is 1.14 bits per heavy atom. The number of hydrogen-bond acceptors (Lipinski definition) is 3. The molecular formula is C17H15NO3. The fourth-order valence-electron chi connectivity index (χ4n) is 2.97. The number of hydrogen-bond donors (Lipinski definition) is 0. The number of Topliss-reactive ketones (excluding diaryl/α,β-unsaturated/α-hetero) is 1. The quantitative estimate of drug-likeness (QED) is 0.491. The number of nitro groups is 1. The third kappa shape index (κ3) is 2.44. The van der Waals surface area contributed by atoms with Gasteiger partial charge in [-0.05, 0) is 42.5 Å². The van der Waals surface area contributed by atoms with Crippen molar-refractivity contribution in [2.24, 2.45) is 5.92 Å². The van der Waals surface area contributed by atoms with Crippen LogP contribution in [0.25, 0.3) is 0 Å². The van der Waals surface area contributed by atoms with E-state index in [4.69, 9.17) is 0 Å². The minimum Gasteiger partial charge on any atom is -0.294 e. The van der Waals surface area contributed by atoms with Crippen LogP contribution in [0.15, 0.2) is 42.5 Å². The van der Waals surface area contributed by atoms with Crippen LogP contribution in [0, 0.1) is 23.0 Å². The minimum atomic E-state index is -0.477. The molecule has 0 aromatic heterocycles. The van der Waals surface area contributed by atoms with Gasteiger partial charge in [-0.1, -0.05) is 30.3 Å². The molecule has 0 aliphatic heterocycles. The number of nitrogens with zero attached hydrogens (tertiary/aromatic N) is 1. The van der Waals surface area contributed by atoms with Crippen LogP contribution in [0.5, 0.6) is 0 Å². The maximum absolute atomic E-state index is 12.7. The summed E-state index contributed by atoms with van der Waals surface area (Å²) in [5, 5.41) is 11.1. The molecule has 0 radical (unpaired) electrons. The van der Waals surface area contributed by atoms with Crippen LogP contribution in [-0.4, -0.2) is 10.7 Å². The molecule has 0 unspecified atom stereocenters. The lowest BCUT2D eigenvalue weighted by molar-refractivity contribution is -0.385. The van der Waals surface area contributed by atoms with Crippen molar-refractivity contribution >= 4 is 11.5 Å². The van der Waals surface area contributed by atoms with Crippen LogP contribution in [0.1, 0.15) is 27.0 Å². The maximum Gasteiger partial charge on any atom is 0.280 e. The van der Waals surface area contributed by atoms with Crippen molar-refractivity contribution in [1.29, 1.82) is 0 Å². The first-order chi connectivity index (χ1) is 10.1. The van der Waals surface area contributed by atoms with E-state index in [1.807, 2.05) is 31.2 Å². The number of fused-ring (bicyclic) bond motifs is 1. The van der Waals surface area contributed by atoms with Gasteiger partial charge in [-0.15, -0.1) is 0 Å². The lowest BCUT2D eigenvalue weighted by Gasteiger charge is -2.09. The summed E-state index contributed by atoms with van der Waals surface area (Å²) in [4.78, 5) is 23.3. The fourth-order valence-corrected chi connectivity index (χ4v) is 2.97. The van der Waals surface area contributed by atoms with Gasteiger partial charge < -0.3 is 0 Å². The molecule has 0 fully saturated rings. The molecular weight excluding hydrogens is 266 g/mol. The lowest BCUT2D eigenvalue weighted by atomic mass is 9.93. The summed E-state index contributed by atoms with van der Waals surface area (Å²) < 4.78 is 0. The first-order valence-electron chi connectivity index (χ1n) is 6.92. The molecule has 3 rings (SSSR count). The Kier molecular flexibility index (Phi) is 3.29. The number of rotatable bonds is 3. The van der Waals surface area contributed by atoms with Crippen LogP contribution in [0.3, 0.4) is 0 Å². The minimum absolute atomic E-state index is 0.0958. The molecule has 0 bridgehead atoms. The van der Waals surface area contributed by atoms with Gasteiger partial charge in [-0.3, -0.25) is 14.9 Å². The predicted octanol–water partition coefficient (Wildman–Crippen LogP) is 3.50. The van der Waals surface area contributed by atoms with Gasteiger partial charge in [-0.2, -0.15) is 0 Å². The SMILES string of the molecule is Cc1ccc([N+](=O)[O-])c(C(=O)C2Cc3ccccc3C2)c1. The molecule has 0 saturated heterocycles. The average Bonchev–Trinajstić information content (AvgIpc) is 2.89. The Balaban J connectivity index is 1.94. The Morgan fingerprint density at radius 2 is 1.76 bits per heavy atom. The van der Waals surface area contributed by atoms with Gasteiger partial charge in [0, 0.05) is 12.0 Å². The highest BCUT2D eigenvalue weighted by Crippen LogP contribution is 2.31. The zero-order chi connectivity index (χ0) is 15.0. The van der Waals surface area contributed by atoms with E-state index in [-0.39, 0.29) is 23.0 Å². The van der Waals surface area contributed by atoms with Crippen LogP contribution in [0.2, 0.25) is 0 Å². The lowest BCUT2D eigenvalue weighted by Crippen LogP contribution is -2.16. The van der Waals surface area contributed by atoms with Crippen molar-refractivity contribution in [2.75, 3.05) is 0 Å². The highest BCUT2D eigenvalue weighted by atomic mass is 16.6. The normalized spacial score (nSPS) is 14.0. The molecule has 0 atom stereocenters. The second-order valence-corrected chi connectivity index (χ2v) is 5.52. The number of benzene rings is 2. The summed E-state index contributed by atoms with van der Waals surface area (Å²) in [5.41, 5.74) is 3.34. The molecule has 4 heteroatoms. The third-order valence-corrected chi connectivity index (χ3v) is 4.04. The van der Waals surface area contributed by atoms with Crippen LogP contribution < -0.4 is 0 Å². The monoisotopic (exact) mass is 281 g/mol. The van der Waals surface area contributed by atoms with Gasteiger partial charge in [-0.25, -0.2) is 0 Å². The maximum atomic E-state index is 12.7. The topological polar surface area (TPSA) is 60.2 Å². The Bertz CT molecular complexity index is 712. The second kappa shape index (κ2) is 5.13. The molecule has 0 amide bonds. The van der Waals surface area contributed by atoms with Gasteiger partial charge in [0.05, 0.1) is 10.5 Å². The molecule has 1 aliphatic carbocycles. The van der Waals surface area contributed by atoms with Gasteiger partial charge >= 0.3 is 0 Å². The molecule has 21 heavy (non-hydrogen) atoms. The van der Waals surface area contributed by atoms with E-state index < -0.39 is 4.92 Å². The Labute approximate surface area is 122 Å². The van der Waals surface area contributed by atoms with Crippen LogP contribution in [-0.2, 0) is 12.8 Å². The first-order valence-corrected chi connectivity index (χ1v) is 6.92. The smallest absolute Gasteiger partial charge is 0.280 e. The molecule has 0 saturated carbocycles. The van der Waals surface area contributed by atoms with Gasteiger partial charge in [0.2, 0.25) is 0 Å². The van der Waals surface area contributed by atoms with Gasteiger partial charge in [0.15, 0.2) is 5.78 Å². The zero-order valence-electron chi connectivity index (χ0n) is 11.7. The summed E-state index contributed by atoms with van der Waals surface area (Å²) in [6.07, 6.45) is 1.33. The number of carbonyl (C=O) groups excluding carboxylic acids is 1. The van der Waals surface area contributed by atoms with Crippen LogP contribution >= 0.6 is 0 Å². The molecule has 1 aliphatic rings. The summed E-state index contributed by atoms with van der Waals surface area (Å²) in [6.45, 7) is 1.84. The third-order valence-electron chi connectivity index (χ3n) is 4.04. The summed E-state index contributed by atoms with van der Waals surface area (Å²) >= 11 is 0. The number of ketones is 1. The molecule has 4 nitrogen and oxygen atoms in total. The molecule has 2 aromatic rings. The van der Waals surface area contributed by atoms with E-state index in [1.165, 1.54) is 17.2 Å². The highest BCUT2D eigenvalue weighted by molar-refractivity contribution is 6.02. The van der Waals surface area contributed by atoms with E-state index >= 15 is 0 Å². The van der Waals surface area contributed by atoms with Gasteiger partial charge in [0.1, 0.15) is 0 Å². The van der Waals surface area contributed by atoms with E-state index in [0.29, 0.717) is 12.8 Å². The van der Waals surface area contributed by atoms with Gasteiger partial charge in [0.25, 0.3) is 5.69 Å². The van der Waals surface area contributed by atoms with Crippen molar-refractivity contribution in [3.63, 3.8) is 0 Å². The van der Waals surface area contributed by atoms with E-state index in [1.54, 1.807) is 12.1 Å². The predicted molar refractivity (Wildman–Crippen MR) is 79.5 cm³/mol. The van der Waals surface area contributed by atoms with Crippen molar-refractivity contribution in [1.82, 2.24) is 0 Å². The van der Waals surface area contributed by atoms with Crippen molar-refractivity contribution in [2.45, 2.75) is 19.8 Å². The summed E-state index contributed by atoms with van der Waals surface area (Å²) in [5.74, 6) is -0.315. The van der Waals surface area contributed by atoms with Crippen molar-refractivity contribution in [3.8, 4) is 0 Å². The van der Waals surface area contributed by atoms with Crippen molar-refractivity contribution in [3.05, 3.63) is 74.8 Å². The fraction of sp³-hybridized carbons (Fsp3) is 0.235. The molecule has 0 heterocycles. The highest BCUT2D eigenvalue weighted by Gasteiger charge is 2.31. The standard InChI is InChI=1S/C17H15NO3/c1-11-6-7-16(18(20)21)15(8-11)17(19)14-9-12-4-2-3-5-13(12)10-14/h2-8,14H,9-10H2,1H3. The summed E-state index contributed by atoms with van der Waals surface area (Å²) in [7, 11) is 0. The molecule has 2 aromatic carbocycles. The molecule has 0 N–H and O–H groups in total. The second-order valence-electron chi connectivity index (χ2n) is 5.52. The number of nitro benzene ring substituents is 1. The number of carbonyl (C=O) groups is 1. The van der Waals surface area contributed by atoms with E-state index in [9.17, 15) is 14.9 Å². The van der Waals surface area contributed by atoms with Crippen molar-refractivity contribution < 1.29 is 9.72 Å². The van der Waals surface area contributed by atoms with Crippen LogP contribution in [0.4, 0.5) is 5.69 Å². The van der Waals surface area contributed by atoms with E-state index in [0.717, 1.165) is 5.56 Å². The molecule has 0 spiro atoms. The Morgan fingerprint density at radius 3 is 2.33 bits per heavy atom. The average molecular weight is 281 g/mol. The number of aryl methyl sites for hydroxylation is 1. The first kappa shape index (κ1) is 13.5. The largest absolute Gasteiger partial charge is 0.294 e. The Hall–Kier alpha value is -2.49.